The molecule has 0 aromatic heterocycles. The van der Waals surface area contributed by atoms with Gasteiger partial charge in [0.15, 0.2) is 19.7 Å². The number of thioether (sulfide) groups is 1. The van der Waals surface area contributed by atoms with Crippen molar-refractivity contribution < 1.29 is 16.8 Å². The summed E-state index contributed by atoms with van der Waals surface area (Å²) in [5, 5.41) is 1.05. The van der Waals surface area contributed by atoms with Crippen molar-refractivity contribution in [2.75, 3.05) is 24.3 Å². The third-order valence-corrected chi connectivity index (χ3v) is 8.24. The highest BCUT2D eigenvalue weighted by atomic mass is 32.2. The first-order chi connectivity index (χ1) is 8.69. The van der Waals surface area contributed by atoms with Crippen LogP contribution in [0.3, 0.4) is 0 Å². The molecule has 2 rings (SSSR count). The molecule has 0 aromatic rings. The molecule has 1 fully saturated rings. The molecule has 2 heterocycles. The summed E-state index contributed by atoms with van der Waals surface area (Å²) in [7, 11) is -4.25. The maximum atomic E-state index is 11.4. The summed E-state index contributed by atoms with van der Waals surface area (Å²) < 4.78 is 46.0. The lowest BCUT2D eigenvalue weighted by Crippen LogP contribution is -2.36. The van der Waals surface area contributed by atoms with Crippen LogP contribution in [0, 0.1) is 0 Å². The van der Waals surface area contributed by atoms with E-state index in [4.69, 9.17) is 12.2 Å². The molecular weight excluding hydrogens is 326 g/mol. The minimum atomic E-state index is -3.08. The second-order valence-corrected chi connectivity index (χ2v) is 10.8. The lowest BCUT2D eigenvalue weighted by Gasteiger charge is -2.26. The Morgan fingerprint density at radius 2 is 2.00 bits per heavy atom. The fourth-order valence-electron chi connectivity index (χ4n) is 2.06. The van der Waals surface area contributed by atoms with Crippen LogP contribution in [0.25, 0.3) is 0 Å². The Balaban J connectivity index is 1.92. The third kappa shape index (κ3) is 3.93. The van der Waals surface area contributed by atoms with Gasteiger partial charge in [-0.15, -0.1) is 0 Å². The topological polar surface area (TPSA) is 71.5 Å². The van der Waals surface area contributed by atoms with E-state index in [0.29, 0.717) is 10.7 Å². The Labute approximate surface area is 123 Å². The normalized spacial score (nSPS) is 31.4. The second-order valence-electron chi connectivity index (χ2n) is 4.75. The van der Waals surface area contributed by atoms with Crippen LogP contribution in [-0.4, -0.2) is 61.7 Å². The molecule has 0 spiro atoms. The number of nitrogens with zero attached hydrogens (tertiary/aromatic N) is 1. The van der Waals surface area contributed by atoms with E-state index >= 15 is 0 Å². The number of sulfone groups is 2. The highest BCUT2D eigenvalue weighted by molar-refractivity contribution is 8.23. The molecule has 0 bridgehead atoms. The van der Waals surface area contributed by atoms with Crippen LogP contribution in [-0.2, 0) is 19.7 Å². The molecule has 5 nitrogen and oxygen atoms in total. The largest absolute Gasteiger partial charge is 0.357 e. The van der Waals surface area contributed by atoms with Gasteiger partial charge in [0.05, 0.1) is 17.3 Å². The highest BCUT2D eigenvalue weighted by Crippen LogP contribution is 2.26. The van der Waals surface area contributed by atoms with E-state index in [9.17, 15) is 16.8 Å². The van der Waals surface area contributed by atoms with Crippen molar-refractivity contribution in [1.82, 2.24) is 4.90 Å². The number of thiocarbonyl (C=S) groups is 1. The van der Waals surface area contributed by atoms with E-state index < -0.39 is 19.7 Å². The smallest absolute Gasteiger partial charge is 0.172 e. The molecule has 0 aliphatic carbocycles. The minimum absolute atomic E-state index is 0.0641. The van der Waals surface area contributed by atoms with Gasteiger partial charge in [-0.2, -0.15) is 0 Å². The predicted molar refractivity (Wildman–Crippen MR) is 81.7 cm³/mol. The standard InChI is InChI=1S/C10H15NO4S4/c1-11(8-2-4-18(12,13)6-8)10(16)17-9-3-5-19(14,15)7-9/h3,5,8-9H,2,4,6-7H2,1H3. The maximum absolute atomic E-state index is 11.4. The molecule has 2 atom stereocenters. The first-order valence-electron chi connectivity index (χ1n) is 5.73. The summed E-state index contributed by atoms with van der Waals surface area (Å²) in [6, 6.07) is -0.0908. The molecule has 9 heteroatoms. The summed E-state index contributed by atoms with van der Waals surface area (Å²) >= 11 is 6.57. The van der Waals surface area contributed by atoms with Crippen molar-refractivity contribution in [2.24, 2.45) is 0 Å². The minimum Gasteiger partial charge on any atom is -0.357 e. The van der Waals surface area contributed by atoms with E-state index in [1.807, 2.05) is 0 Å². The molecule has 2 unspecified atom stereocenters. The van der Waals surface area contributed by atoms with Crippen molar-refractivity contribution in [3.05, 3.63) is 11.5 Å². The Morgan fingerprint density at radius 3 is 2.47 bits per heavy atom. The highest BCUT2D eigenvalue weighted by Gasteiger charge is 2.33. The van der Waals surface area contributed by atoms with Gasteiger partial charge in [0.25, 0.3) is 0 Å². The molecule has 2 aliphatic heterocycles. The first kappa shape index (κ1) is 15.3. The summed E-state index contributed by atoms with van der Waals surface area (Å²) in [4.78, 5) is 1.78. The van der Waals surface area contributed by atoms with Gasteiger partial charge in [0.1, 0.15) is 4.32 Å². The molecule has 2 aliphatic rings. The van der Waals surface area contributed by atoms with Gasteiger partial charge in [-0.1, -0.05) is 30.1 Å². The van der Waals surface area contributed by atoms with Crippen LogP contribution >= 0.6 is 24.0 Å². The van der Waals surface area contributed by atoms with Crippen LogP contribution in [0.15, 0.2) is 11.5 Å². The summed E-state index contributed by atoms with van der Waals surface area (Å²) in [5.74, 6) is 0.393. The van der Waals surface area contributed by atoms with E-state index in [1.54, 1.807) is 18.0 Å². The van der Waals surface area contributed by atoms with Gasteiger partial charge >= 0.3 is 0 Å². The summed E-state index contributed by atoms with van der Waals surface area (Å²) in [6.45, 7) is 0. The average molecular weight is 342 g/mol. The van der Waals surface area contributed by atoms with Crippen molar-refractivity contribution in [3.63, 3.8) is 0 Å². The third-order valence-electron chi connectivity index (χ3n) is 3.19. The van der Waals surface area contributed by atoms with Crippen LogP contribution < -0.4 is 0 Å². The fourth-order valence-corrected chi connectivity index (χ4v) is 7.14. The van der Waals surface area contributed by atoms with E-state index in [0.717, 1.165) is 0 Å². The molecule has 1 saturated heterocycles. The van der Waals surface area contributed by atoms with Gasteiger partial charge in [0, 0.05) is 23.7 Å². The Kier molecular flexibility index (Phi) is 4.29. The zero-order chi connectivity index (χ0) is 14.3. The van der Waals surface area contributed by atoms with Crippen molar-refractivity contribution >= 4 is 48.0 Å². The first-order valence-corrected chi connectivity index (χ1v) is 10.6. The Morgan fingerprint density at radius 1 is 1.32 bits per heavy atom. The molecule has 108 valence electrons. The summed E-state index contributed by atoms with van der Waals surface area (Å²) in [6.07, 6.45) is 2.21. The Bertz CT molecular complexity index is 607. The second kappa shape index (κ2) is 5.34. The zero-order valence-electron chi connectivity index (χ0n) is 10.4. The average Bonchev–Trinajstić information content (AvgIpc) is 2.80. The fraction of sp³-hybridized carbons (Fsp3) is 0.700. The molecule has 0 aromatic carbocycles. The number of hydrogen-bond donors (Lipinski definition) is 0. The van der Waals surface area contributed by atoms with Crippen molar-refractivity contribution in [1.29, 1.82) is 0 Å². The maximum Gasteiger partial charge on any atom is 0.172 e. The van der Waals surface area contributed by atoms with Gasteiger partial charge < -0.3 is 4.90 Å². The van der Waals surface area contributed by atoms with Crippen molar-refractivity contribution in [2.45, 2.75) is 17.7 Å². The molecule has 0 amide bonds. The van der Waals surface area contributed by atoms with Crippen LogP contribution in [0.1, 0.15) is 6.42 Å². The summed E-state index contributed by atoms with van der Waals surface area (Å²) in [5.41, 5.74) is 0. The van der Waals surface area contributed by atoms with Gasteiger partial charge in [-0.05, 0) is 6.42 Å². The van der Waals surface area contributed by atoms with Crippen molar-refractivity contribution in [3.8, 4) is 0 Å². The number of hydrogen-bond acceptors (Lipinski definition) is 6. The quantitative estimate of drug-likeness (QED) is 0.675. The van der Waals surface area contributed by atoms with Gasteiger partial charge in [0.2, 0.25) is 0 Å². The van der Waals surface area contributed by atoms with E-state index in [-0.39, 0.29) is 28.6 Å². The molecule has 0 radical (unpaired) electrons. The molecule has 0 N–H and O–H groups in total. The van der Waals surface area contributed by atoms with Crippen LogP contribution in [0.4, 0.5) is 0 Å². The van der Waals surface area contributed by atoms with Crippen LogP contribution in [0.5, 0.6) is 0 Å². The lowest BCUT2D eigenvalue weighted by atomic mass is 10.2. The lowest BCUT2D eigenvalue weighted by molar-refractivity contribution is 0.409. The zero-order valence-corrected chi connectivity index (χ0v) is 13.6. The molecule has 0 saturated carbocycles. The van der Waals surface area contributed by atoms with Gasteiger partial charge in [-0.3, -0.25) is 0 Å². The van der Waals surface area contributed by atoms with Gasteiger partial charge in [-0.25, -0.2) is 16.8 Å². The monoisotopic (exact) mass is 341 g/mol. The molecular formula is C10H15NO4S4. The van der Waals surface area contributed by atoms with E-state index in [1.165, 1.54) is 17.2 Å². The predicted octanol–water partition coefficient (Wildman–Crippen LogP) is 0.434. The Hall–Kier alpha value is -0.120. The van der Waals surface area contributed by atoms with Crippen LogP contribution in [0.2, 0.25) is 0 Å². The number of rotatable bonds is 2. The SMILES string of the molecule is CN(C(=S)SC1C=CS(=O)(=O)C1)C1CCS(=O)(=O)C1. The van der Waals surface area contributed by atoms with E-state index in [2.05, 4.69) is 0 Å². The molecule has 19 heavy (non-hydrogen) atoms.